The van der Waals surface area contributed by atoms with Gasteiger partial charge in [-0.3, -0.25) is 0 Å². The van der Waals surface area contributed by atoms with Gasteiger partial charge in [-0.1, -0.05) is 44.5 Å². The smallest absolute Gasteiger partial charge is 0.440 e. The van der Waals surface area contributed by atoms with Gasteiger partial charge in [-0.15, -0.1) is 13.5 Å². The fourth-order valence-electron chi connectivity index (χ4n) is 2.00. The molecule has 0 aromatic heterocycles. The number of nitrogens with one attached hydrogen (secondary N) is 1. The van der Waals surface area contributed by atoms with E-state index < -0.39 is 0 Å². The van der Waals surface area contributed by atoms with Gasteiger partial charge in [0, 0.05) is 5.69 Å². The molecule has 0 saturated heterocycles. The molecule has 2 heteroatoms. The standard InChI is InChI=1S/C14H18N.C2H5.K/c1-10-8-9-15-13-11(10)6-5-7-12(13)14(2,3)4;1-2;/h5-9,15H,1-4H3;1H2,2H3;/q2*-1;+1. The van der Waals surface area contributed by atoms with Crippen molar-refractivity contribution in [2.75, 3.05) is 5.32 Å². The minimum atomic E-state index is 0. The molecule has 0 saturated carbocycles. The Morgan fingerprint density at radius 2 is 1.78 bits per heavy atom. The van der Waals surface area contributed by atoms with Crippen LogP contribution in [0.5, 0.6) is 0 Å². The number of hydrogen-bond donors (Lipinski definition) is 1. The Balaban J connectivity index is 0.000000917. The number of anilines is 1. The molecule has 0 atom stereocenters. The van der Waals surface area contributed by atoms with Gasteiger partial charge in [-0.25, -0.2) is 6.08 Å². The number of rotatable bonds is 0. The van der Waals surface area contributed by atoms with Gasteiger partial charge in [0.15, 0.2) is 0 Å². The maximum Gasteiger partial charge on any atom is 1.00 e. The summed E-state index contributed by atoms with van der Waals surface area (Å²) in [4.78, 5) is 0. The zero-order chi connectivity index (χ0) is 13.1. The Morgan fingerprint density at radius 1 is 1.17 bits per heavy atom. The molecular formula is C16H23KN-. The van der Waals surface area contributed by atoms with Crippen molar-refractivity contribution in [3.63, 3.8) is 0 Å². The fraction of sp³-hybridized carbons (Fsp3) is 0.375. The third-order valence-corrected chi connectivity index (χ3v) is 2.86. The summed E-state index contributed by atoms with van der Waals surface area (Å²) in [7, 11) is 0. The van der Waals surface area contributed by atoms with E-state index in [2.05, 4.69) is 64.2 Å². The Hall–Kier alpha value is 0.266. The summed E-state index contributed by atoms with van der Waals surface area (Å²) in [5, 5.41) is 3.37. The second kappa shape index (κ2) is 7.76. The number of benzene rings is 1. The van der Waals surface area contributed by atoms with Crippen molar-refractivity contribution in [1.29, 1.82) is 0 Å². The van der Waals surface area contributed by atoms with Crippen molar-refractivity contribution in [3.05, 3.63) is 48.9 Å². The largest absolute Gasteiger partial charge is 1.00 e. The van der Waals surface area contributed by atoms with Gasteiger partial charge in [0.2, 0.25) is 0 Å². The van der Waals surface area contributed by atoms with Crippen LogP contribution in [0.15, 0.2) is 24.3 Å². The van der Waals surface area contributed by atoms with Crippen molar-refractivity contribution in [2.24, 2.45) is 0 Å². The number of fused-ring (bicyclic) bond motifs is 1. The first kappa shape index (κ1) is 18.3. The zero-order valence-electron chi connectivity index (χ0n) is 12.6. The van der Waals surface area contributed by atoms with Crippen LogP contribution in [-0.2, 0) is 5.41 Å². The summed E-state index contributed by atoms with van der Waals surface area (Å²) in [6.07, 6.45) is 2.12. The van der Waals surface area contributed by atoms with E-state index >= 15 is 0 Å². The summed E-state index contributed by atoms with van der Waals surface area (Å²) in [5.41, 5.74) is 5.48. The first-order chi connectivity index (χ1) is 8.00. The van der Waals surface area contributed by atoms with E-state index in [4.69, 9.17) is 0 Å². The molecule has 0 bridgehead atoms. The minimum absolute atomic E-state index is 0. The number of allylic oxidation sites excluding steroid dienone is 1. The summed E-state index contributed by atoms with van der Waals surface area (Å²) < 4.78 is 0. The van der Waals surface area contributed by atoms with Crippen molar-refractivity contribution in [1.82, 2.24) is 0 Å². The van der Waals surface area contributed by atoms with Gasteiger partial charge in [0.05, 0.1) is 0 Å². The van der Waals surface area contributed by atoms with E-state index in [-0.39, 0.29) is 56.8 Å². The molecule has 1 aromatic rings. The quantitative estimate of drug-likeness (QED) is 0.559. The van der Waals surface area contributed by atoms with Gasteiger partial charge < -0.3 is 12.2 Å². The molecule has 0 aliphatic carbocycles. The Labute approximate surface area is 155 Å². The molecule has 0 radical (unpaired) electrons. The van der Waals surface area contributed by atoms with Crippen molar-refractivity contribution < 1.29 is 51.4 Å². The SMILES string of the molecule is CC1=C[CH-]Nc2c1cccc2C(C)(C)C.[CH2-]C.[K+]. The van der Waals surface area contributed by atoms with E-state index in [1.807, 2.05) is 6.54 Å². The molecule has 1 N–H and O–H groups in total. The van der Waals surface area contributed by atoms with Crippen LogP contribution in [0.4, 0.5) is 5.69 Å². The molecule has 0 unspecified atom stereocenters. The Morgan fingerprint density at radius 3 is 2.33 bits per heavy atom. The molecule has 1 aromatic carbocycles. The predicted octanol–water partition coefficient (Wildman–Crippen LogP) is 1.82. The van der Waals surface area contributed by atoms with Crippen LogP contribution in [0.25, 0.3) is 5.57 Å². The second-order valence-electron chi connectivity index (χ2n) is 5.14. The van der Waals surface area contributed by atoms with Crippen molar-refractivity contribution >= 4 is 11.3 Å². The van der Waals surface area contributed by atoms with Crippen LogP contribution in [0.1, 0.15) is 45.7 Å². The Bertz CT molecular complexity index is 414. The van der Waals surface area contributed by atoms with Gasteiger partial charge in [-0.05, 0) is 11.0 Å². The van der Waals surface area contributed by atoms with Crippen LogP contribution >= 0.6 is 0 Å². The fourth-order valence-corrected chi connectivity index (χ4v) is 2.00. The van der Waals surface area contributed by atoms with Crippen LogP contribution in [0.2, 0.25) is 0 Å². The molecule has 1 aliphatic heterocycles. The van der Waals surface area contributed by atoms with E-state index in [9.17, 15) is 0 Å². The number of hydrogen-bond acceptors (Lipinski definition) is 1. The molecule has 1 heterocycles. The normalized spacial score (nSPS) is 12.7. The van der Waals surface area contributed by atoms with Crippen LogP contribution in [0.3, 0.4) is 0 Å². The van der Waals surface area contributed by atoms with Crippen LogP contribution < -0.4 is 56.7 Å². The third-order valence-electron chi connectivity index (χ3n) is 2.86. The van der Waals surface area contributed by atoms with Crippen molar-refractivity contribution in [3.8, 4) is 0 Å². The summed E-state index contributed by atoms with van der Waals surface area (Å²) in [6.45, 7) is 15.9. The molecule has 1 aliphatic rings. The van der Waals surface area contributed by atoms with Crippen LogP contribution in [0, 0.1) is 13.5 Å². The number of para-hydroxylation sites is 1. The summed E-state index contributed by atoms with van der Waals surface area (Å²) in [5.74, 6) is 0. The second-order valence-corrected chi connectivity index (χ2v) is 5.14. The van der Waals surface area contributed by atoms with Gasteiger partial charge in [0.1, 0.15) is 0 Å². The molecule has 1 nitrogen and oxygen atoms in total. The van der Waals surface area contributed by atoms with Crippen LogP contribution in [-0.4, -0.2) is 0 Å². The van der Waals surface area contributed by atoms with Gasteiger partial charge >= 0.3 is 51.4 Å². The maximum absolute atomic E-state index is 3.37. The Kier molecular flexibility index (Phi) is 7.87. The summed E-state index contributed by atoms with van der Waals surface area (Å²) in [6, 6.07) is 6.53. The average molecular weight is 268 g/mol. The van der Waals surface area contributed by atoms with E-state index in [0.29, 0.717) is 0 Å². The minimum Gasteiger partial charge on any atom is -0.440 e. The van der Waals surface area contributed by atoms with Gasteiger partial charge in [-0.2, -0.15) is 12.5 Å². The first-order valence-electron chi connectivity index (χ1n) is 6.11. The molecule has 0 amide bonds. The predicted molar refractivity (Wildman–Crippen MR) is 77.7 cm³/mol. The molecular weight excluding hydrogens is 245 g/mol. The van der Waals surface area contributed by atoms with E-state index in [1.165, 1.54) is 22.4 Å². The topological polar surface area (TPSA) is 12.0 Å². The molecule has 18 heavy (non-hydrogen) atoms. The molecule has 0 fully saturated rings. The maximum atomic E-state index is 3.37. The zero-order valence-corrected chi connectivity index (χ0v) is 15.7. The monoisotopic (exact) mass is 268 g/mol. The summed E-state index contributed by atoms with van der Waals surface area (Å²) >= 11 is 0. The molecule has 2 rings (SSSR count). The average Bonchev–Trinajstić information content (AvgIpc) is 2.30. The van der Waals surface area contributed by atoms with Crippen molar-refractivity contribution in [2.45, 2.75) is 40.0 Å². The first-order valence-corrected chi connectivity index (χ1v) is 6.11. The molecule has 94 valence electrons. The van der Waals surface area contributed by atoms with E-state index in [1.54, 1.807) is 6.92 Å². The third kappa shape index (κ3) is 4.14. The van der Waals surface area contributed by atoms with Gasteiger partial charge in [0.25, 0.3) is 0 Å². The van der Waals surface area contributed by atoms with E-state index in [0.717, 1.165) is 0 Å². The molecule has 0 spiro atoms.